The Balaban J connectivity index is 1.58. The lowest BCUT2D eigenvalue weighted by molar-refractivity contribution is 0.102. The molecule has 1 N–H and O–H groups in total. The van der Waals surface area contributed by atoms with Gasteiger partial charge in [-0.25, -0.2) is 4.98 Å². The number of methoxy groups -OCH3 is 2. The summed E-state index contributed by atoms with van der Waals surface area (Å²) >= 11 is 1.38. The third kappa shape index (κ3) is 3.54. The molecule has 1 aromatic heterocycles. The minimum Gasteiger partial charge on any atom is -0.497 e. The summed E-state index contributed by atoms with van der Waals surface area (Å²) < 4.78 is 10.6. The summed E-state index contributed by atoms with van der Waals surface area (Å²) in [5, 5.41) is 7.32. The summed E-state index contributed by atoms with van der Waals surface area (Å²) in [6, 6.07) is 19.2. The molecule has 0 aliphatic rings. The summed E-state index contributed by atoms with van der Waals surface area (Å²) in [4.78, 5) is 17.4. The van der Waals surface area contributed by atoms with Gasteiger partial charge in [-0.05, 0) is 47.2 Å². The molecule has 1 heterocycles. The fourth-order valence-electron chi connectivity index (χ4n) is 2.96. The van der Waals surface area contributed by atoms with Crippen molar-refractivity contribution in [3.05, 3.63) is 71.6 Å². The van der Waals surface area contributed by atoms with Crippen LogP contribution in [0.15, 0.2) is 66.0 Å². The van der Waals surface area contributed by atoms with Gasteiger partial charge in [0.15, 0.2) is 5.13 Å². The molecule has 0 atom stereocenters. The van der Waals surface area contributed by atoms with Crippen molar-refractivity contribution in [2.24, 2.45) is 0 Å². The predicted octanol–water partition coefficient (Wildman–Crippen LogP) is 5.23. The molecular formula is C22H18N2O3S. The molecule has 0 spiro atoms. The molecule has 0 aliphatic heterocycles. The number of carbonyl (C=O) groups excluding carboxylic acids is 1. The van der Waals surface area contributed by atoms with E-state index in [1.165, 1.54) is 11.3 Å². The van der Waals surface area contributed by atoms with Gasteiger partial charge in [0.2, 0.25) is 0 Å². The van der Waals surface area contributed by atoms with Crippen molar-refractivity contribution in [2.75, 3.05) is 19.5 Å². The normalized spacial score (nSPS) is 10.6. The summed E-state index contributed by atoms with van der Waals surface area (Å²) in [5.41, 5.74) is 2.23. The van der Waals surface area contributed by atoms with Crippen LogP contribution >= 0.6 is 11.3 Å². The van der Waals surface area contributed by atoms with Crippen molar-refractivity contribution in [1.82, 2.24) is 4.98 Å². The quantitative estimate of drug-likeness (QED) is 0.507. The summed E-state index contributed by atoms with van der Waals surface area (Å²) in [6.07, 6.45) is 0. The van der Waals surface area contributed by atoms with Gasteiger partial charge in [-0.15, -0.1) is 11.3 Å². The van der Waals surface area contributed by atoms with E-state index >= 15 is 0 Å². The van der Waals surface area contributed by atoms with Gasteiger partial charge in [0.25, 0.3) is 5.91 Å². The third-order valence-electron chi connectivity index (χ3n) is 4.42. The SMILES string of the molecule is COc1ccc(-c2csc(NC(=O)c3cc4ccccc4cc3OC)n2)cc1. The Morgan fingerprint density at radius 2 is 1.68 bits per heavy atom. The van der Waals surface area contributed by atoms with Gasteiger partial charge in [0.1, 0.15) is 11.5 Å². The van der Waals surface area contributed by atoms with Gasteiger partial charge >= 0.3 is 0 Å². The maximum Gasteiger partial charge on any atom is 0.261 e. The molecule has 0 radical (unpaired) electrons. The first kappa shape index (κ1) is 18.0. The fraction of sp³-hybridized carbons (Fsp3) is 0.0909. The van der Waals surface area contributed by atoms with Crippen molar-refractivity contribution < 1.29 is 14.3 Å². The molecule has 5 nitrogen and oxygen atoms in total. The largest absolute Gasteiger partial charge is 0.497 e. The van der Waals surface area contributed by atoms with Gasteiger partial charge in [-0.2, -0.15) is 0 Å². The van der Waals surface area contributed by atoms with Gasteiger partial charge in [0, 0.05) is 10.9 Å². The average molecular weight is 390 g/mol. The van der Waals surface area contributed by atoms with E-state index in [-0.39, 0.29) is 5.91 Å². The highest BCUT2D eigenvalue weighted by Crippen LogP contribution is 2.29. The van der Waals surface area contributed by atoms with Gasteiger partial charge in [-0.3, -0.25) is 10.1 Å². The zero-order valence-electron chi connectivity index (χ0n) is 15.4. The van der Waals surface area contributed by atoms with E-state index < -0.39 is 0 Å². The number of nitrogens with one attached hydrogen (secondary N) is 1. The van der Waals surface area contributed by atoms with E-state index in [1.54, 1.807) is 14.2 Å². The second-order valence-corrected chi connectivity index (χ2v) is 6.98. The Kier molecular flexibility index (Phi) is 4.95. The van der Waals surface area contributed by atoms with Crippen LogP contribution in [-0.2, 0) is 0 Å². The van der Waals surface area contributed by atoms with Crippen LogP contribution in [0.2, 0.25) is 0 Å². The molecule has 0 unspecified atom stereocenters. The minimum atomic E-state index is -0.252. The molecule has 0 aliphatic carbocycles. The molecule has 0 fully saturated rings. The first-order valence-corrected chi connectivity index (χ1v) is 9.54. The number of hydrogen-bond acceptors (Lipinski definition) is 5. The molecule has 0 bridgehead atoms. The lowest BCUT2D eigenvalue weighted by Crippen LogP contribution is -2.13. The van der Waals surface area contributed by atoms with Crippen LogP contribution in [0.3, 0.4) is 0 Å². The number of anilines is 1. The predicted molar refractivity (Wildman–Crippen MR) is 113 cm³/mol. The topological polar surface area (TPSA) is 60.5 Å². The van der Waals surface area contributed by atoms with Crippen molar-refractivity contribution in [2.45, 2.75) is 0 Å². The Morgan fingerprint density at radius 3 is 2.36 bits per heavy atom. The highest BCUT2D eigenvalue weighted by molar-refractivity contribution is 7.14. The molecule has 4 aromatic rings. The van der Waals surface area contributed by atoms with Crippen LogP contribution in [0.5, 0.6) is 11.5 Å². The Hall–Kier alpha value is -3.38. The van der Waals surface area contributed by atoms with Crippen LogP contribution in [0.4, 0.5) is 5.13 Å². The molecule has 1 amide bonds. The Labute approximate surface area is 166 Å². The summed E-state index contributed by atoms with van der Waals surface area (Å²) in [7, 11) is 3.19. The highest BCUT2D eigenvalue weighted by atomic mass is 32.1. The Morgan fingerprint density at radius 1 is 0.964 bits per heavy atom. The monoisotopic (exact) mass is 390 g/mol. The van der Waals surface area contributed by atoms with E-state index in [4.69, 9.17) is 9.47 Å². The van der Waals surface area contributed by atoms with Crippen LogP contribution < -0.4 is 14.8 Å². The first-order chi connectivity index (χ1) is 13.7. The zero-order valence-corrected chi connectivity index (χ0v) is 16.2. The smallest absolute Gasteiger partial charge is 0.261 e. The molecule has 3 aromatic carbocycles. The van der Waals surface area contributed by atoms with Crippen molar-refractivity contribution in [3.8, 4) is 22.8 Å². The van der Waals surface area contributed by atoms with E-state index in [9.17, 15) is 4.79 Å². The number of ether oxygens (including phenoxy) is 2. The lowest BCUT2D eigenvalue weighted by atomic mass is 10.1. The van der Waals surface area contributed by atoms with Crippen molar-refractivity contribution in [1.29, 1.82) is 0 Å². The van der Waals surface area contributed by atoms with Crippen LogP contribution in [0.25, 0.3) is 22.0 Å². The second-order valence-electron chi connectivity index (χ2n) is 6.12. The molecule has 0 saturated heterocycles. The molecule has 140 valence electrons. The zero-order chi connectivity index (χ0) is 19.5. The number of amides is 1. The molecule has 6 heteroatoms. The molecular weight excluding hydrogens is 372 g/mol. The van der Waals surface area contributed by atoms with Crippen LogP contribution in [0.1, 0.15) is 10.4 Å². The van der Waals surface area contributed by atoms with Crippen LogP contribution in [-0.4, -0.2) is 25.1 Å². The van der Waals surface area contributed by atoms with Crippen molar-refractivity contribution >= 4 is 33.1 Å². The maximum atomic E-state index is 12.8. The minimum absolute atomic E-state index is 0.252. The number of aromatic nitrogens is 1. The van der Waals surface area contributed by atoms with Crippen molar-refractivity contribution in [3.63, 3.8) is 0 Å². The van der Waals surface area contributed by atoms with E-state index in [2.05, 4.69) is 10.3 Å². The molecule has 0 saturated carbocycles. The van der Waals surface area contributed by atoms with E-state index in [1.807, 2.05) is 66.0 Å². The number of nitrogens with zero attached hydrogens (tertiary/aromatic N) is 1. The van der Waals surface area contributed by atoms with Gasteiger partial charge < -0.3 is 9.47 Å². The van der Waals surface area contributed by atoms with E-state index in [0.717, 1.165) is 27.8 Å². The van der Waals surface area contributed by atoms with Gasteiger partial charge in [0.05, 0.1) is 25.5 Å². The number of fused-ring (bicyclic) bond motifs is 1. The molecule has 28 heavy (non-hydrogen) atoms. The number of rotatable bonds is 5. The van der Waals surface area contributed by atoms with E-state index in [0.29, 0.717) is 16.4 Å². The maximum absolute atomic E-state index is 12.8. The summed E-state index contributed by atoms with van der Waals surface area (Å²) in [5.74, 6) is 1.07. The average Bonchev–Trinajstić information content (AvgIpc) is 3.21. The number of benzene rings is 3. The third-order valence-corrected chi connectivity index (χ3v) is 5.18. The second kappa shape index (κ2) is 7.70. The number of hydrogen-bond donors (Lipinski definition) is 1. The van der Waals surface area contributed by atoms with Crippen LogP contribution in [0, 0.1) is 0 Å². The highest BCUT2D eigenvalue weighted by Gasteiger charge is 2.16. The Bertz CT molecular complexity index is 1140. The molecule has 4 rings (SSSR count). The summed E-state index contributed by atoms with van der Waals surface area (Å²) in [6.45, 7) is 0. The standard InChI is InChI=1S/C22H18N2O3S/c1-26-17-9-7-14(8-10-17)19-13-28-22(23-19)24-21(25)18-11-15-5-3-4-6-16(15)12-20(18)27-2/h3-13H,1-2H3,(H,23,24,25). The van der Waals surface area contributed by atoms with Gasteiger partial charge in [-0.1, -0.05) is 24.3 Å². The fourth-order valence-corrected chi connectivity index (χ4v) is 3.67. The lowest BCUT2D eigenvalue weighted by Gasteiger charge is -2.10. The first-order valence-electron chi connectivity index (χ1n) is 8.66. The number of thiazole rings is 1. The number of carbonyl (C=O) groups is 1.